The minimum atomic E-state index is -0.553. The first kappa shape index (κ1) is 20.9. The van der Waals surface area contributed by atoms with Crippen LogP contribution in [0, 0.1) is 0 Å². The zero-order chi connectivity index (χ0) is 15.8. The zero-order valence-corrected chi connectivity index (χ0v) is 14.1. The van der Waals surface area contributed by atoms with E-state index in [9.17, 15) is 10.2 Å². The molecule has 2 atom stereocenters. The van der Waals surface area contributed by atoms with Crippen LogP contribution in [-0.4, -0.2) is 34.1 Å². The van der Waals surface area contributed by atoms with Crippen molar-refractivity contribution >= 4 is 0 Å². The van der Waals surface area contributed by atoms with Gasteiger partial charge in [-0.25, -0.2) is 0 Å². The molecule has 3 heteroatoms. The molecule has 0 radical (unpaired) electrons. The van der Waals surface area contributed by atoms with E-state index >= 15 is 0 Å². The first-order valence-electron chi connectivity index (χ1n) is 9.19. The summed E-state index contributed by atoms with van der Waals surface area (Å²) in [6.07, 6.45) is 14.2. The summed E-state index contributed by atoms with van der Waals surface area (Å²) in [6.45, 7) is 2.50. The molecule has 0 saturated heterocycles. The van der Waals surface area contributed by atoms with Gasteiger partial charge in [-0.15, -0.1) is 0 Å². The van der Waals surface area contributed by atoms with E-state index in [2.05, 4.69) is 6.92 Å². The van der Waals surface area contributed by atoms with E-state index in [1.54, 1.807) is 0 Å². The van der Waals surface area contributed by atoms with Crippen LogP contribution in [0.1, 0.15) is 96.8 Å². The molecule has 0 aromatic rings. The van der Waals surface area contributed by atoms with Crippen LogP contribution in [0.15, 0.2) is 0 Å². The third kappa shape index (κ3) is 14.6. The van der Waals surface area contributed by atoms with Gasteiger partial charge in [0.15, 0.2) is 0 Å². The van der Waals surface area contributed by atoms with Crippen molar-refractivity contribution in [3.8, 4) is 0 Å². The van der Waals surface area contributed by atoms with Crippen LogP contribution in [0.25, 0.3) is 0 Å². The van der Waals surface area contributed by atoms with E-state index in [4.69, 9.17) is 5.11 Å². The van der Waals surface area contributed by atoms with Gasteiger partial charge < -0.3 is 15.3 Å². The zero-order valence-electron chi connectivity index (χ0n) is 14.1. The predicted molar refractivity (Wildman–Crippen MR) is 89.4 cm³/mol. The van der Waals surface area contributed by atoms with Gasteiger partial charge in [-0.3, -0.25) is 0 Å². The van der Waals surface area contributed by atoms with E-state index in [0.717, 1.165) is 44.9 Å². The molecule has 3 N–H and O–H groups in total. The van der Waals surface area contributed by atoms with Crippen molar-refractivity contribution < 1.29 is 15.3 Å². The Morgan fingerprint density at radius 2 is 0.952 bits per heavy atom. The van der Waals surface area contributed by atoms with Crippen LogP contribution < -0.4 is 0 Å². The number of rotatable bonds is 16. The molecule has 0 amide bonds. The van der Waals surface area contributed by atoms with Crippen molar-refractivity contribution in [3.05, 3.63) is 0 Å². The fourth-order valence-corrected chi connectivity index (χ4v) is 2.69. The maximum absolute atomic E-state index is 9.92. The molecule has 0 aliphatic carbocycles. The maximum atomic E-state index is 9.92. The van der Waals surface area contributed by atoms with Gasteiger partial charge in [0.1, 0.15) is 0 Å². The van der Waals surface area contributed by atoms with Gasteiger partial charge in [0.25, 0.3) is 0 Å². The lowest BCUT2D eigenvalue weighted by Gasteiger charge is -2.17. The normalized spacial score (nSPS) is 14.3. The molecule has 3 nitrogen and oxygen atoms in total. The molecule has 0 aliphatic rings. The lowest BCUT2D eigenvalue weighted by Crippen LogP contribution is -2.25. The molecule has 0 aliphatic heterocycles. The second-order valence-electron chi connectivity index (χ2n) is 6.32. The summed E-state index contributed by atoms with van der Waals surface area (Å²) in [6, 6.07) is 0. The van der Waals surface area contributed by atoms with E-state index in [1.807, 2.05) is 0 Å². The lowest BCUT2D eigenvalue weighted by molar-refractivity contribution is 0.00711. The average Bonchev–Trinajstić information content (AvgIpc) is 2.49. The summed E-state index contributed by atoms with van der Waals surface area (Å²) in [4.78, 5) is 0. The quantitative estimate of drug-likeness (QED) is 0.375. The molecule has 0 rings (SSSR count). The van der Waals surface area contributed by atoms with Crippen LogP contribution in [0.2, 0.25) is 0 Å². The number of hydrogen-bond acceptors (Lipinski definition) is 3. The lowest BCUT2D eigenvalue weighted by atomic mass is 10.00. The molecule has 0 aromatic carbocycles. The third-order valence-corrected chi connectivity index (χ3v) is 4.21. The summed E-state index contributed by atoms with van der Waals surface area (Å²) in [5, 5.41) is 28.5. The SMILES string of the molecule is CCCCCCCCCC(O)C(O)CCCCCCCO. The summed E-state index contributed by atoms with van der Waals surface area (Å²) in [5.74, 6) is 0. The minimum absolute atomic E-state index is 0.278. The molecule has 0 bridgehead atoms. The number of aliphatic hydroxyl groups excluding tert-OH is 3. The van der Waals surface area contributed by atoms with Crippen molar-refractivity contribution in [1.82, 2.24) is 0 Å². The Hall–Kier alpha value is -0.120. The Labute approximate surface area is 131 Å². The van der Waals surface area contributed by atoms with E-state index in [0.29, 0.717) is 6.42 Å². The van der Waals surface area contributed by atoms with Gasteiger partial charge in [-0.05, 0) is 19.3 Å². The monoisotopic (exact) mass is 302 g/mol. The second kappa shape index (κ2) is 16.3. The van der Waals surface area contributed by atoms with Gasteiger partial charge in [-0.2, -0.15) is 0 Å². The summed E-state index contributed by atoms with van der Waals surface area (Å²) in [7, 11) is 0. The van der Waals surface area contributed by atoms with Crippen molar-refractivity contribution in [2.75, 3.05) is 6.61 Å². The molecule has 2 unspecified atom stereocenters. The predicted octanol–water partition coefficient (Wildman–Crippen LogP) is 4.18. The third-order valence-electron chi connectivity index (χ3n) is 4.21. The molecule has 21 heavy (non-hydrogen) atoms. The minimum Gasteiger partial charge on any atom is -0.396 e. The van der Waals surface area contributed by atoms with Gasteiger partial charge in [0, 0.05) is 6.61 Å². The van der Waals surface area contributed by atoms with Gasteiger partial charge >= 0.3 is 0 Å². The van der Waals surface area contributed by atoms with E-state index < -0.39 is 12.2 Å². The molecule has 0 heterocycles. The van der Waals surface area contributed by atoms with Crippen LogP contribution in [0.5, 0.6) is 0 Å². The Morgan fingerprint density at radius 1 is 0.571 bits per heavy atom. The molecule has 0 saturated carbocycles. The van der Waals surface area contributed by atoms with Crippen molar-refractivity contribution in [3.63, 3.8) is 0 Å². The van der Waals surface area contributed by atoms with Gasteiger partial charge in [0.05, 0.1) is 12.2 Å². The number of unbranched alkanes of at least 4 members (excludes halogenated alkanes) is 10. The van der Waals surface area contributed by atoms with Crippen LogP contribution >= 0.6 is 0 Å². The van der Waals surface area contributed by atoms with Crippen molar-refractivity contribution in [2.45, 2.75) is 109 Å². The largest absolute Gasteiger partial charge is 0.396 e. The van der Waals surface area contributed by atoms with Crippen LogP contribution in [0.3, 0.4) is 0 Å². The Kier molecular flexibility index (Phi) is 16.2. The maximum Gasteiger partial charge on any atom is 0.0799 e. The average molecular weight is 302 g/mol. The first-order chi connectivity index (χ1) is 10.2. The standard InChI is InChI=1S/C18H38O3/c1-2-3-4-5-6-8-11-14-17(20)18(21)15-12-9-7-10-13-16-19/h17-21H,2-16H2,1H3. The summed E-state index contributed by atoms with van der Waals surface area (Å²) >= 11 is 0. The molecular formula is C18H38O3. The highest BCUT2D eigenvalue weighted by atomic mass is 16.3. The summed E-state index contributed by atoms with van der Waals surface area (Å²) < 4.78 is 0. The van der Waals surface area contributed by atoms with Gasteiger partial charge in [-0.1, -0.05) is 77.6 Å². The number of hydrogen-bond donors (Lipinski definition) is 3. The highest BCUT2D eigenvalue weighted by molar-refractivity contribution is 4.67. The topological polar surface area (TPSA) is 60.7 Å². The fraction of sp³-hybridized carbons (Fsp3) is 1.00. The number of aliphatic hydroxyl groups is 3. The van der Waals surface area contributed by atoms with Crippen molar-refractivity contribution in [2.24, 2.45) is 0 Å². The van der Waals surface area contributed by atoms with E-state index in [1.165, 1.54) is 38.5 Å². The molecular weight excluding hydrogens is 264 g/mol. The summed E-state index contributed by atoms with van der Waals surface area (Å²) in [5.41, 5.74) is 0. The first-order valence-corrected chi connectivity index (χ1v) is 9.19. The fourth-order valence-electron chi connectivity index (χ4n) is 2.69. The highest BCUT2D eigenvalue weighted by Crippen LogP contribution is 2.15. The Morgan fingerprint density at radius 3 is 1.38 bits per heavy atom. The van der Waals surface area contributed by atoms with Gasteiger partial charge in [0.2, 0.25) is 0 Å². The highest BCUT2D eigenvalue weighted by Gasteiger charge is 2.14. The van der Waals surface area contributed by atoms with Crippen LogP contribution in [-0.2, 0) is 0 Å². The molecule has 0 spiro atoms. The van der Waals surface area contributed by atoms with E-state index in [-0.39, 0.29) is 6.61 Å². The smallest absolute Gasteiger partial charge is 0.0799 e. The second-order valence-corrected chi connectivity index (χ2v) is 6.32. The molecule has 0 fully saturated rings. The van der Waals surface area contributed by atoms with Crippen LogP contribution in [0.4, 0.5) is 0 Å². The Bertz CT molecular complexity index is 197. The molecule has 128 valence electrons. The van der Waals surface area contributed by atoms with Crippen molar-refractivity contribution in [1.29, 1.82) is 0 Å². The molecule has 0 aromatic heterocycles. The Balaban J connectivity index is 3.34.